The van der Waals surface area contributed by atoms with Crippen LogP contribution in [-0.4, -0.2) is 17.3 Å². The number of carbonyl (C=O) groups excluding carboxylic acids is 3. The van der Waals surface area contributed by atoms with Crippen molar-refractivity contribution >= 4 is 23.0 Å². The monoisotopic (exact) mass is 309 g/mol. The van der Waals surface area contributed by atoms with E-state index < -0.39 is 5.78 Å². The van der Waals surface area contributed by atoms with Crippen LogP contribution in [0.3, 0.4) is 0 Å². The minimum absolute atomic E-state index is 0.0124. The van der Waals surface area contributed by atoms with Gasteiger partial charge in [-0.25, -0.2) is 0 Å². The Kier molecular flexibility index (Phi) is 3.48. The fourth-order valence-corrected chi connectivity index (χ4v) is 2.55. The molecule has 1 aliphatic rings. The van der Waals surface area contributed by atoms with Crippen LogP contribution < -0.4 is 5.32 Å². The Balaban J connectivity index is 2.00. The fraction of sp³-hybridized carbons (Fsp3) is 0.167. The highest BCUT2D eigenvalue weighted by Crippen LogP contribution is 2.28. The Hall–Kier alpha value is -2.95. The summed E-state index contributed by atoms with van der Waals surface area (Å²) >= 11 is 0. The lowest BCUT2D eigenvalue weighted by Crippen LogP contribution is -2.20. The van der Waals surface area contributed by atoms with Gasteiger partial charge in [-0.2, -0.15) is 0 Å². The van der Waals surface area contributed by atoms with Crippen molar-refractivity contribution in [1.82, 2.24) is 0 Å². The summed E-state index contributed by atoms with van der Waals surface area (Å²) in [6, 6.07) is 7.07. The number of allylic oxidation sites excluding steroid dienone is 2. The summed E-state index contributed by atoms with van der Waals surface area (Å²) in [6.07, 6.45) is 1.25. The number of aryl methyl sites for hydroxylation is 2. The van der Waals surface area contributed by atoms with E-state index in [1.54, 1.807) is 0 Å². The van der Waals surface area contributed by atoms with Crippen LogP contribution in [0.15, 0.2) is 40.5 Å². The summed E-state index contributed by atoms with van der Waals surface area (Å²) in [4.78, 5) is 36.1. The van der Waals surface area contributed by atoms with Crippen molar-refractivity contribution in [3.63, 3.8) is 0 Å². The molecule has 1 aromatic heterocycles. The average Bonchev–Trinajstić information content (AvgIpc) is 2.94. The molecular weight excluding hydrogens is 294 g/mol. The van der Waals surface area contributed by atoms with Crippen LogP contribution in [0.25, 0.3) is 0 Å². The molecule has 0 atom stereocenters. The summed E-state index contributed by atoms with van der Waals surface area (Å²) in [7, 11) is 0. The molecule has 0 bridgehead atoms. The van der Waals surface area contributed by atoms with Crippen molar-refractivity contribution in [3.8, 4) is 0 Å². The molecule has 0 spiro atoms. The molecule has 2 aromatic rings. The molecule has 0 amide bonds. The van der Waals surface area contributed by atoms with E-state index in [9.17, 15) is 14.4 Å². The first-order valence-corrected chi connectivity index (χ1v) is 7.17. The Morgan fingerprint density at radius 2 is 1.78 bits per heavy atom. The number of anilines is 1. The van der Waals surface area contributed by atoms with Gasteiger partial charge in [0.15, 0.2) is 23.1 Å². The number of carbonyl (C=O) groups is 3. The zero-order valence-electron chi connectivity index (χ0n) is 13.0. The number of rotatable bonds is 3. The summed E-state index contributed by atoms with van der Waals surface area (Å²) in [5.41, 5.74) is 2.97. The normalized spacial score (nSPS) is 13.6. The van der Waals surface area contributed by atoms with Crippen LogP contribution >= 0.6 is 0 Å². The highest BCUT2D eigenvalue weighted by molar-refractivity contribution is 6.24. The molecule has 1 N–H and O–H groups in total. The second kappa shape index (κ2) is 5.35. The Labute approximate surface area is 133 Å². The Morgan fingerprint density at radius 1 is 1.13 bits per heavy atom. The van der Waals surface area contributed by atoms with Crippen molar-refractivity contribution in [3.05, 3.63) is 64.2 Å². The van der Waals surface area contributed by atoms with E-state index in [4.69, 9.17) is 4.42 Å². The number of hydrogen-bond donors (Lipinski definition) is 1. The number of fused-ring (bicyclic) bond motifs is 1. The molecule has 5 nitrogen and oxygen atoms in total. The number of hydrogen-bond acceptors (Lipinski definition) is 5. The van der Waals surface area contributed by atoms with Crippen molar-refractivity contribution in [2.24, 2.45) is 0 Å². The molecule has 1 heterocycles. The van der Waals surface area contributed by atoms with E-state index >= 15 is 0 Å². The molecule has 116 valence electrons. The molecule has 1 aliphatic carbocycles. The molecule has 0 aliphatic heterocycles. The second-order valence-electron chi connectivity index (χ2n) is 5.55. The molecule has 23 heavy (non-hydrogen) atoms. The van der Waals surface area contributed by atoms with E-state index in [-0.39, 0.29) is 34.3 Å². The maximum atomic E-state index is 12.5. The third-order valence-electron chi connectivity index (χ3n) is 3.81. The fourth-order valence-electron chi connectivity index (χ4n) is 2.55. The van der Waals surface area contributed by atoms with E-state index in [0.29, 0.717) is 0 Å². The van der Waals surface area contributed by atoms with Crippen molar-refractivity contribution < 1.29 is 18.8 Å². The smallest absolute Gasteiger partial charge is 0.245 e. The Bertz CT molecular complexity index is 866. The number of furan rings is 1. The van der Waals surface area contributed by atoms with Gasteiger partial charge in [-0.05, 0) is 31.0 Å². The molecule has 1 aromatic carbocycles. The van der Waals surface area contributed by atoms with Gasteiger partial charge in [-0.1, -0.05) is 18.2 Å². The number of nitrogens with one attached hydrogen (secondary N) is 1. The number of Topliss-reactive ketones (excluding diaryl/α,β-unsaturated/α-hetero) is 2. The summed E-state index contributed by atoms with van der Waals surface area (Å²) in [6.45, 7) is 5.15. The maximum absolute atomic E-state index is 12.5. The predicted octanol–water partition coefficient (Wildman–Crippen LogP) is 3.47. The molecule has 0 radical (unpaired) electrons. The first kappa shape index (κ1) is 15.0. The van der Waals surface area contributed by atoms with E-state index in [2.05, 4.69) is 5.32 Å². The Morgan fingerprint density at radius 3 is 2.39 bits per heavy atom. The highest BCUT2D eigenvalue weighted by Gasteiger charge is 2.31. The predicted molar refractivity (Wildman–Crippen MR) is 85.0 cm³/mol. The molecule has 0 saturated carbocycles. The van der Waals surface area contributed by atoms with Crippen LogP contribution in [0.4, 0.5) is 5.69 Å². The van der Waals surface area contributed by atoms with Crippen molar-refractivity contribution in [1.29, 1.82) is 0 Å². The van der Waals surface area contributed by atoms with Gasteiger partial charge < -0.3 is 9.73 Å². The van der Waals surface area contributed by atoms with Gasteiger partial charge in [-0.15, -0.1) is 0 Å². The van der Waals surface area contributed by atoms with E-state index in [1.165, 1.54) is 19.1 Å². The third kappa shape index (κ3) is 2.50. The molecule has 0 unspecified atom stereocenters. The van der Waals surface area contributed by atoms with Crippen LogP contribution in [-0.2, 0) is 0 Å². The average molecular weight is 309 g/mol. The third-order valence-corrected chi connectivity index (χ3v) is 3.81. The van der Waals surface area contributed by atoms with Gasteiger partial charge >= 0.3 is 0 Å². The molecule has 0 fully saturated rings. The topological polar surface area (TPSA) is 76.4 Å². The van der Waals surface area contributed by atoms with Crippen molar-refractivity contribution in [2.75, 3.05) is 5.32 Å². The summed E-state index contributed by atoms with van der Waals surface area (Å²) in [5.74, 6) is -1.20. The molecular formula is C18H15NO4. The van der Waals surface area contributed by atoms with E-state index in [0.717, 1.165) is 16.8 Å². The first-order chi connectivity index (χ1) is 10.9. The highest BCUT2D eigenvalue weighted by atomic mass is 16.4. The summed E-state index contributed by atoms with van der Waals surface area (Å²) < 4.78 is 5.28. The molecule has 0 saturated heterocycles. The lowest BCUT2D eigenvalue weighted by Gasteiger charge is -2.16. The lowest BCUT2D eigenvalue weighted by molar-refractivity contribution is 0.0950. The van der Waals surface area contributed by atoms with E-state index in [1.807, 2.05) is 32.0 Å². The van der Waals surface area contributed by atoms with Gasteiger partial charge in [0.25, 0.3) is 0 Å². The van der Waals surface area contributed by atoms with Gasteiger partial charge in [-0.3, -0.25) is 14.4 Å². The zero-order valence-corrected chi connectivity index (χ0v) is 13.0. The number of ketones is 3. The number of para-hydroxylation sites is 1. The van der Waals surface area contributed by atoms with Gasteiger partial charge in [0, 0.05) is 18.7 Å². The number of benzene rings is 1. The van der Waals surface area contributed by atoms with Crippen LogP contribution in [0.2, 0.25) is 0 Å². The quantitative estimate of drug-likeness (QED) is 0.878. The van der Waals surface area contributed by atoms with Crippen molar-refractivity contribution in [2.45, 2.75) is 20.8 Å². The van der Waals surface area contributed by atoms with Gasteiger partial charge in [0.05, 0.1) is 11.3 Å². The van der Waals surface area contributed by atoms with Gasteiger partial charge in [0.1, 0.15) is 0 Å². The van der Waals surface area contributed by atoms with Crippen LogP contribution in [0, 0.1) is 13.8 Å². The van der Waals surface area contributed by atoms with Crippen LogP contribution in [0.5, 0.6) is 0 Å². The van der Waals surface area contributed by atoms with Gasteiger partial charge in [0.2, 0.25) is 5.78 Å². The standard InChI is InChI=1S/C18H15NO4/c1-9-5-4-6-10(2)16(9)19-13-8-14(21)12-7-15(11(3)20)23-18(12)17(13)22/h4-8,19H,1-3H3. The SMILES string of the molecule is CC(=O)c1cc2c(o1)C(=O)C(Nc1c(C)cccc1C)=CC2=O. The first-order valence-electron chi connectivity index (χ1n) is 7.17. The zero-order chi connectivity index (χ0) is 16.7. The second-order valence-corrected chi connectivity index (χ2v) is 5.55. The lowest BCUT2D eigenvalue weighted by atomic mass is 9.99. The summed E-state index contributed by atoms with van der Waals surface area (Å²) in [5, 5.41) is 3.02. The minimum atomic E-state index is -0.435. The van der Waals surface area contributed by atoms with Crippen LogP contribution in [0.1, 0.15) is 49.5 Å². The molecule has 3 rings (SSSR count). The minimum Gasteiger partial charge on any atom is -0.449 e. The molecule has 5 heteroatoms. The maximum Gasteiger partial charge on any atom is 0.245 e. The largest absolute Gasteiger partial charge is 0.449 e.